The molecule has 1 spiro atoms. The highest BCUT2D eigenvalue weighted by molar-refractivity contribution is 5.80. The first kappa shape index (κ1) is 26.1. The van der Waals surface area contributed by atoms with E-state index >= 15 is 0 Å². The topological polar surface area (TPSA) is 70.1 Å². The normalized spacial score (nSPS) is 19.0. The van der Waals surface area contributed by atoms with E-state index < -0.39 is 5.97 Å². The van der Waals surface area contributed by atoms with Crippen molar-refractivity contribution in [2.24, 2.45) is 5.41 Å². The van der Waals surface area contributed by atoms with E-state index in [-0.39, 0.29) is 30.0 Å². The molecule has 1 amide bonds. The molecule has 1 N–H and O–H groups in total. The van der Waals surface area contributed by atoms with E-state index in [0.717, 1.165) is 50.8 Å². The zero-order valence-corrected chi connectivity index (χ0v) is 21.0. The molecule has 2 aliphatic rings. The second-order valence-corrected chi connectivity index (χ2v) is 10.2. The largest absolute Gasteiger partial charge is 0.492 e. The molecule has 0 aromatic heterocycles. The predicted octanol–water partition coefficient (Wildman–Crippen LogP) is 4.91. The van der Waals surface area contributed by atoms with Crippen LogP contribution in [0.25, 0.3) is 0 Å². The van der Waals surface area contributed by atoms with Gasteiger partial charge in [-0.05, 0) is 55.2 Å². The third kappa shape index (κ3) is 7.06. The number of nitrogens with zero attached hydrogens (tertiary/aromatic N) is 2. The van der Waals surface area contributed by atoms with E-state index in [9.17, 15) is 14.0 Å². The van der Waals surface area contributed by atoms with Crippen LogP contribution in [0, 0.1) is 11.2 Å². The second-order valence-electron chi connectivity index (χ2n) is 10.2. The van der Waals surface area contributed by atoms with Gasteiger partial charge in [0, 0.05) is 44.7 Å². The highest BCUT2D eigenvalue weighted by Crippen LogP contribution is 2.39. The third-order valence-electron chi connectivity index (χ3n) is 7.68. The first-order valence-electron chi connectivity index (χ1n) is 13.1. The van der Waals surface area contributed by atoms with Crippen LogP contribution in [0.1, 0.15) is 56.1 Å². The molecule has 2 aromatic rings. The molecule has 7 heteroatoms. The fourth-order valence-corrected chi connectivity index (χ4v) is 5.60. The van der Waals surface area contributed by atoms with Gasteiger partial charge in [-0.3, -0.25) is 14.5 Å². The summed E-state index contributed by atoms with van der Waals surface area (Å²) in [4.78, 5) is 27.6. The summed E-state index contributed by atoms with van der Waals surface area (Å²) in [5, 5.41) is 8.93. The predicted molar refractivity (Wildman–Crippen MR) is 136 cm³/mol. The van der Waals surface area contributed by atoms with Crippen LogP contribution in [-0.4, -0.2) is 59.6 Å². The van der Waals surface area contributed by atoms with Gasteiger partial charge in [0.1, 0.15) is 18.2 Å². The van der Waals surface area contributed by atoms with Crippen molar-refractivity contribution in [2.45, 2.75) is 57.9 Å². The van der Waals surface area contributed by atoms with E-state index in [2.05, 4.69) is 17.0 Å². The summed E-state index contributed by atoms with van der Waals surface area (Å²) in [6, 6.07) is 15.2. The number of likely N-dealkylation sites (tertiary alicyclic amines) is 1. The van der Waals surface area contributed by atoms with Crippen LogP contribution in [0.5, 0.6) is 5.75 Å². The number of rotatable bonds is 5. The van der Waals surface area contributed by atoms with Crippen molar-refractivity contribution in [3.05, 3.63) is 65.5 Å². The molecule has 194 valence electrons. The van der Waals surface area contributed by atoms with Gasteiger partial charge in [0.2, 0.25) is 5.91 Å². The number of carboxylic acid groups (broad SMARTS) is 1. The van der Waals surface area contributed by atoms with Crippen molar-refractivity contribution in [3.63, 3.8) is 0 Å². The molecule has 36 heavy (non-hydrogen) atoms. The van der Waals surface area contributed by atoms with Crippen LogP contribution in [0.2, 0.25) is 0 Å². The zero-order chi connectivity index (χ0) is 25.4. The lowest BCUT2D eigenvalue weighted by atomic mass is 9.73. The number of hydrogen-bond acceptors (Lipinski definition) is 4. The Morgan fingerprint density at radius 1 is 0.944 bits per heavy atom. The molecule has 2 aromatic carbocycles. The Morgan fingerprint density at radius 3 is 2.47 bits per heavy atom. The number of benzene rings is 2. The molecule has 0 unspecified atom stereocenters. The summed E-state index contributed by atoms with van der Waals surface area (Å²) in [5.41, 5.74) is 1.95. The van der Waals surface area contributed by atoms with Crippen LogP contribution in [-0.2, 0) is 22.6 Å². The summed E-state index contributed by atoms with van der Waals surface area (Å²) in [6.45, 7) is 3.84. The maximum Gasteiger partial charge on any atom is 0.303 e. The second kappa shape index (κ2) is 12.3. The quantitative estimate of drug-likeness (QED) is 0.637. The number of ether oxygens (including phenoxy) is 1. The first-order chi connectivity index (χ1) is 17.4. The number of aryl methyl sites for hydroxylation is 1. The number of carbonyl (C=O) groups excluding carboxylic acids is 1. The smallest absolute Gasteiger partial charge is 0.303 e. The molecule has 1 saturated heterocycles. The molecular formula is C29H37FN2O4. The molecule has 2 heterocycles. The summed E-state index contributed by atoms with van der Waals surface area (Å²) in [7, 11) is 0. The van der Waals surface area contributed by atoms with Gasteiger partial charge < -0.3 is 14.7 Å². The maximum atomic E-state index is 14.5. The number of amides is 1. The van der Waals surface area contributed by atoms with Gasteiger partial charge in [-0.15, -0.1) is 0 Å². The fourth-order valence-electron chi connectivity index (χ4n) is 5.60. The number of hydrogen-bond donors (Lipinski definition) is 1. The number of carboxylic acids is 1. The molecule has 4 rings (SSSR count). The van der Waals surface area contributed by atoms with Gasteiger partial charge in [-0.2, -0.15) is 0 Å². The molecule has 2 aliphatic heterocycles. The van der Waals surface area contributed by atoms with Crippen molar-refractivity contribution in [2.75, 3.05) is 32.8 Å². The van der Waals surface area contributed by atoms with Gasteiger partial charge in [-0.25, -0.2) is 4.39 Å². The maximum absolute atomic E-state index is 14.5. The Kier molecular flexibility index (Phi) is 8.97. The number of piperidine rings is 1. The Bertz CT molecular complexity index is 1040. The van der Waals surface area contributed by atoms with Gasteiger partial charge in [0.05, 0.1) is 6.42 Å². The van der Waals surface area contributed by atoms with E-state index in [1.165, 1.54) is 11.6 Å². The summed E-state index contributed by atoms with van der Waals surface area (Å²) < 4.78 is 20.7. The van der Waals surface area contributed by atoms with E-state index in [1.54, 1.807) is 6.07 Å². The standard InChI is InChI=1S/C29H37FN2O4/c30-25-10-3-1-9-24(25)21-31-19-20-36-26-11-4-2-7-23(26)8-5-6-14-29(22-31)15-17-32(18-16-29)27(33)12-13-28(34)35/h1-4,7,9-11H,5-6,8,12-22H2,(H,34,35). The van der Waals surface area contributed by atoms with E-state index in [4.69, 9.17) is 9.84 Å². The summed E-state index contributed by atoms with van der Waals surface area (Å²) in [5.74, 6) is -0.271. The lowest BCUT2D eigenvalue weighted by molar-refractivity contribution is -0.141. The molecule has 0 bridgehead atoms. The van der Waals surface area contributed by atoms with Crippen molar-refractivity contribution in [3.8, 4) is 5.75 Å². The fraction of sp³-hybridized carbons (Fsp3) is 0.517. The van der Waals surface area contributed by atoms with Crippen LogP contribution >= 0.6 is 0 Å². The monoisotopic (exact) mass is 496 g/mol. The van der Waals surface area contributed by atoms with Gasteiger partial charge in [-0.1, -0.05) is 42.8 Å². The number of para-hydroxylation sites is 1. The van der Waals surface area contributed by atoms with Crippen molar-refractivity contribution in [1.29, 1.82) is 0 Å². The molecule has 0 radical (unpaired) electrons. The molecule has 0 atom stereocenters. The van der Waals surface area contributed by atoms with Gasteiger partial charge in [0.15, 0.2) is 0 Å². The van der Waals surface area contributed by atoms with Gasteiger partial charge in [0.25, 0.3) is 0 Å². The molecule has 0 aliphatic carbocycles. The van der Waals surface area contributed by atoms with Gasteiger partial charge >= 0.3 is 5.97 Å². The van der Waals surface area contributed by atoms with Crippen molar-refractivity contribution in [1.82, 2.24) is 9.80 Å². The number of aliphatic carboxylic acids is 1. The minimum atomic E-state index is -0.941. The van der Waals surface area contributed by atoms with Crippen molar-refractivity contribution < 1.29 is 23.8 Å². The average Bonchev–Trinajstić information content (AvgIpc) is 2.87. The molecule has 0 saturated carbocycles. The Morgan fingerprint density at radius 2 is 1.69 bits per heavy atom. The first-order valence-corrected chi connectivity index (χ1v) is 13.1. The van der Waals surface area contributed by atoms with Crippen LogP contribution in [0.3, 0.4) is 0 Å². The summed E-state index contributed by atoms with van der Waals surface area (Å²) >= 11 is 0. The number of halogens is 1. The lowest BCUT2D eigenvalue weighted by Crippen LogP contribution is -2.48. The minimum Gasteiger partial charge on any atom is -0.492 e. The van der Waals surface area contributed by atoms with E-state index in [1.807, 2.05) is 29.2 Å². The number of carbonyl (C=O) groups is 2. The summed E-state index contributed by atoms with van der Waals surface area (Å²) in [6.07, 6.45) is 5.85. The Balaban J connectivity index is 1.50. The van der Waals surface area contributed by atoms with Crippen LogP contribution in [0.4, 0.5) is 4.39 Å². The minimum absolute atomic E-state index is 0.0353. The van der Waals surface area contributed by atoms with Crippen LogP contribution in [0.15, 0.2) is 48.5 Å². The number of fused-ring (bicyclic) bond motifs is 1. The highest BCUT2D eigenvalue weighted by atomic mass is 19.1. The van der Waals surface area contributed by atoms with Crippen LogP contribution < -0.4 is 4.74 Å². The average molecular weight is 497 g/mol. The van der Waals surface area contributed by atoms with E-state index in [0.29, 0.717) is 38.3 Å². The highest BCUT2D eigenvalue weighted by Gasteiger charge is 2.37. The molecule has 1 fully saturated rings. The third-order valence-corrected chi connectivity index (χ3v) is 7.68. The SMILES string of the molecule is O=C(O)CCC(=O)N1CCC2(CCCCc3ccccc3OCCN(Cc3ccccc3F)C2)CC1. The Hall–Kier alpha value is -2.93. The molecule has 6 nitrogen and oxygen atoms in total. The lowest BCUT2D eigenvalue weighted by Gasteiger charge is -2.45. The molecular weight excluding hydrogens is 459 g/mol. The zero-order valence-electron chi connectivity index (χ0n) is 21.0. The Labute approximate surface area is 213 Å². The van der Waals surface area contributed by atoms with Crippen molar-refractivity contribution >= 4 is 11.9 Å².